The lowest BCUT2D eigenvalue weighted by molar-refractivity contribution is 0.0931. The second-order valence-corrected chi connectivity index (χ2v) is 6.60. The van der Waals surface area contributed by atoms with Crippen LogP contribution >= 0.6 is 0 Å². The van der Waals surface area contributed by atoms with Crippen LogP contribution in [0.25, 0.3) is 11.3 Å². The van der Waals surface area contributed by atoms with Gasteiger partial charge in [0.2, 0.25) is 0 Å². The number of nitrogens with zero attached hydrogens (tertiary/aromatic N) is 3. The van der Waals surface area contributed by atoms with Crippen LogP contribution < -0.4 is 5.32 Å². The van der Waals surface area contributed by atoms with Gasteiger partial charge in [-0.25, -0.2) is 0 Å². The van der Waals surface area contributed by atoms with Crippen molar-refractivity contribution in [3.63, 3.8) is 0 Å². The summed E-state index contributed by atoms with van der Waals surface area (Å²) < 4.78 is 1.83. The van der Waals surface area contributed by atoms with Gasteiger partial charge < -0.3 is 5.32 Å². The van der Waals surface area contributed by atoms with Crippen molar-refractivity contribution in [3.05, 3.63) is 58.5 Å². The number of carbonyl (C=O) groups is 1. The van der Waals surface area contributed by atoms with Crippen molar-refractivity contribution in [2.24, 2.45) is 7.05 Å². The highest BCUT2D eigenvalue weighted by Gasteiger charge is 2.25. The first-order chi connectivity index (χ1) is 12.0. The first kappa shape index (κ1) is 15.6. The first-order valence-electron chi connectivity index (χ1n) is 8.49. The molecular formula is C19H21N5O. The van der Waals surface area contributed by atoms with E-state index in [0.717, 1.165) is 35.5 Å². The Hall–Kier alpha value is -2.89. The summed E-state index contributed by atoms with van der Waals surface area (Å²) in [5, 5.41) is 14.7. The van der Waals surface area contributed by atoms with Crippen molar-refractivity contribution in [3.8, 4) is 11.3 Å². The molecule has 6 nitrogen and oxygen atoms in total. The van der Waals surface area contributed by atoms with E-state index in [-0.39, 0.29) is 11.9 Å². The summed E-state index contributed by atoms with van der Waals surface area (Å²) >= 11 is 0. The van der Waals surface area contributed by atoms with Gasteiger partial charge in [-0.15, -0.1) is 0 Å². The maximum atomic E-state index is 12.6. The number of aryl methyl sites for hydroxylation is 3. The largest absolute Gasteiger partial charge is 0.344 e. The lowest BCUT2D eigenvalue weighted by Gasteiger charge is -2.13. The van der Waals surface area contributed by atoms with Crippen LogP contribution in [0.15, 0.2) is 30.3 Å². The monoisotopic (exact) mass is 335 g/mol. The molecule has 1 atom stereocenters. The first-order valence-corrected chi connectivity index (χ1v) is 8.49. The molecule has 0 fully saturated rings. The van der Waals surface area contributed by atoms with Crippen molar-refractivity contribution < 1.29 is 4.79 Å². The number of H-pyrrole nitrogens is 1. The van der Waals surface area contributed by atoms with E-state index in [1.807, 2.05) is 37.7 Å². The standard InChI is InChI=1S/C19H21N5O/c1-11-18(12(2)24(3)23-11)16-10-17(22-21-16)19(25)20-15-9-8-13-6-4-5-7-14(13)15/h4-7,10,15H,8-9H2,1-3H3,(H,20,25)(H,21,22). The molecule has 0 spiro atoms. The SMILES string of the molecule is Cc1nn(C)c(C)c1-c1cc(C(=O)NC2CCc3ccccc32)[nH]n1. The zero-order valence-corrected chi connectivity index (χ0v) is 14.6. The molecule has 2 heterocycles. The Labute approximate surface area is 146 Å². The second kappa shape index (κ2) is 5.88. The molecule has 1 aliphatic rings. The van der Waals surface area contributed by atoms with Crippen molar-refractivity contribution >= 4 is 5.91 Å². The van der Waals surface area contributed by atoms with Crippen LogP contribution in [-0.4, -0.2) is 25.9 Å². The molecule has 1 aliphatic carbocycles. The fraction of sp³-hybridized carbons (Fsp3) is 0.316. The zero-order chi connectivity index (χ0) is 17.6. The lowest BCUT2D eigenvalue weighted by Crippen LogP contribution is -2.27. The number of aromatic nitrogens is 4. The van der Waals surface area contributed by atoms with Gasteiger partial charge in [0, 0.05) is 18.3 Å². The number of hydrogen-bond acceptors (Lipinski definition) is 3. The van der Waals surface area contributed by atoms with Crippen molar-refractivity contribution in [2.75, 3.05) is 0 Å². The Kier molecular flexibility index (Phi) is 3.67. The molecule has 128 valence electrons. The molecule has 2 N–H and O–H groups in total. The maximum absolute atomic E-state index is 12.6. The molecule has 0 saturated heterocycles. The van der Waals surface area contributed by atoms with E-state index in [1.165, 1.54) is 11.1 Å². The van der Waals surface area contributed by atoms with Crippen molar-refractivity contribution in [1.29, 1.82) is 0 Å². The van der Waals surface area contributed by atoms with Crippen LogP contribution in [0.1, 0.15) is 45.5 Å². The van der Waals surface area contributed by atoms with Gasteiger partial charge in [-0.3, -0.25) is 14.6 Å². The minimum atomic E-state index is -0.125. The number of carbonyl (C=O) groups excluding carboxylic acids is 1. The molecule has 3 aromatic rings. The highest BCUT2D eigenvalue weighted by molar-refractivity contribution is 5.93. The molecule has 1 amide bonds. The molecule has 25 heavy (non-hydrogen) atoms. The van der Waals surface area contributed by atoms with Gasteiger partial charge in [-0.1, -0.05) is 24.3 Å². The average Bonchev–Trinajstić information content (AvgIpc) is 3.28. The molecule has 1 unspecified atom stereocenters. The quantitative estimate of drug-likeness (QED) is 0.773. The Morgan fingerprint density at radius 2 is 2.12 bits per heavy atom. The van der Waals surface area contributed by atoms with Gasteiger partial charge >= 0.3 is 0 Å². The number of hydrogen-bond donors (Lipinski definition) is 2. The average molecular weight is 335 g/mol. The number of aromatic amines is 1. The number of amides is 1. The Bertz CT molecular complexity index is 953. The molecular weight excluding hydrogens is 314 g/mol. The molecule has 0 aliphatic heterocycles. The Balaban J connectivity index is 1.56. The van der Waals surface area contributed by atoms with Crippen LogP contribution in [0.4, 0.5) is 0 Å². The van der Waals surface area contributed by atoms with Gasteiger partial charge in [0.15, 0.2) is 0 Å². The fourth-order valence-electron chi connectivity index (χ4n) is 3.65. The smallest absolute Gasteiger partial charge is 0.269 e. The third kappa shape index (κ3) is 2.63. The highest BCUT2D eigenvalue weighted by Crippen LogP contribution is 2.31. The number of nitrogens with one attached hydrogen (secondary N) is 2. The van der Waals surface area contributed by atoms with E-state index < -0.39 is 0 Å². The number of rotatable bonds is 3. The van der Waals surface area contributed by atoms with Gasteiger partial charge in [-0.05, 0) is 43.9 Å². The van der Waals surface area contributed by atoms with Gasteiger partial charge in [0.1, 0.15) is 5.69 Å². The Morgan fingerprint density at radius 3 is 2.88 bits per heavy atom. The summed E-state index contributed by atoms with van der Waals surface area (Å²) in [5.74, 6) is -0.125. The molecule has 2 aromatic heterocycles. The summed E-state index contributed by atoms with van der Waals surface area (Å²) in [6, 6.07) is 10.1. The van der Waals surface area contributed by atoms with Crippen LogP contribution in [0.2, 0.25) is 0 Å². The van der Waals surface area contributed by atoms with Crippen LogP contribution in [-0.2, 0) is 13.5 Å². The summed E-state index contributed by atoms with van der Waals surface area (Å²) in [5.41, 5.74) is 6.67. The summed E-state index contributed by atoms with van der Waals surface area (Å²) in [6.45, 7) is 3.95. The molecule has 1 aromatic carbocycles. The molecule has 4 rings (SSSR count). The van der Waals surface area contributed by atoms with Crippen molar-refractivity contribution in [1.82, 2.24) is 25.3 Å². The minimum Gasteiger partial charge on any atom is -0.344 e. The van der Waals surface area contributed by atoms with Gasteiger partial charge in [0.25, 0.3) is 5.91 Å². The highest BCUT2D eigenvalue weighted by atomic mass is 16.2. The third-order valence-electron chi connectivity index (χ3n) is 5.03. The van der Waals surface area contributed by atoms with E-state index in [0.29, 0.717) is 5.69 Å². The molecule has 0 bridgehead atoms. The van der Waals surface area contributed by atoms with Crippen LogP contribution in [0.3, 0.4) is 0 Å². The number of fused-ring (bicyclic) bond motifs is 1. The van der Waals surface area contributed by atoms with E-state index in [9.17, 15) is 4.79 Å². The third-order valence-corrected chi connectivity index (χ3v) is 5.03. The van der Waals surface area contributed by atoms with E-state index in [1.54, 1.807) is 6.07 Å². The fourth-order valence-corrected chi connectivity index (χ4v) is 3.65. The van der Waals surface area contributed by atoms with Gasteiger partial charge in [-0.2, -0.15) is 10.2 Å². The number of benzene rings is 1. The molecule has 0 saturated carbocycles. The van der Waals surface area contributed by atoms with Crippen LogP contribution in [0.5, 0.6) is 0 Å². The van der Waals surface area contributed by atoms with Crippen molar-refractivity contribution in [2.45, 2.75) is 32.7 Å². The topological polar surface area (TPSA) is 75.6 Å². The lowest BCUT2D eigenvalue weighted by atomic mass is 10.1. The maximum Gasteiger partial charge on any atom is 0.269 e. The predicted molar refractivity (Wildman–Crippen MR) is 95.2 cm³/mol. The minimum absolute atomic E-state index is 0.0670. The van der Waals surface area contributed by atoms with Crippen LogP contribution in [0, 0.1) is 13.8 Å². The molecule has 6 heteroatoms. The zero-order valence-electron chi connectivity index (χ0n) is 14.6. The predicted octanol–water partition coefficient (Wildman–Crippen LogP) is 2.84. The van der Waals surface area contributed by atoms with Gasteiger partial charge in [0.05, 0.1) is 17.4 Å². The molecule has 0 radical (unpaired) electrons. The summed E-state index contributed by atoms with van der Waals surface area (Å²) in [4.78, 5) is 12.6. The van der Waals surface area contributed by atoms with E-state index in [4.69, 9.17) is 0 Å². The summed E-state index contributed by atoms with van der Waals surface area (Å²) in [7, 11) is 1.91. The van der Waals surface area contributed by atoms with E-state index >= 15 is 0 Å². The Morgan fingerprint density at radius 1 is 1.32 bits per heavy atom. The summed E-state index contributed by atoms with van der Waals surface area (Å²) in [6.07, 6.45) is 1.94. The van der Waals surface area contributed by atoms with E-state index in [2.05, 4.69) is 32.7 Å². The second-order valence-electron chi connectivity index (χ2n) is 6.60. The normalized spacial score (nSPS) is 16.0.